The molecule has 1 aromatic carbocycles. The molecule has 1 aliphatic rings. The highest BCUT2D eigenvalue weighted by atomic mass is 35.5. The summed E-state index contributed by atoms with van der Waals surface area (Å²) in [6.45, 7) is 5.27. The lowest BCUT2D eigenvalue weighted by atomic mass is 9.82. The van der Waals surface area contributed by atoms with E-state index in [0.29, 0.717) is 18.0 Å². The summed E-state index contributed by atoms with van der Waals surface area (Å²) < 4.78 is 0. The first kappa shape index (κ1) is 17.8. The van der Waals surface area contributed by atoms with E-state index in [1.165, 1.54) is 0 Å². The van der Waals surface area contributed by atoms with Gasteiger partial charge in [-0.05, 0) is 56.7 Å². The van der Waals surface area contributed by atoms with E-state index in [4.69, 9.17) is 16.7 Å². The fraction of sp³-hybridized carbons (Fsp3) is 0.556. The van der Waals surface area contributed by atoms with Crippen LogP contribution in [-0.4, -0.2) is 35.0 Å². The molecule has 1 saturated heterocycles. The van der Waals surface area contributed by atoms with Crippen LogP contribution in [0.1, 0.15) is 45.1 Å². The Bertz CT molecular complexity index is 568. The van der Waals surface area contributed by atoms with Crippen LogP contribution in [0.5, 0.6) is 0 Å². The van der Waals surface area contributed by atoms with Crippen molar-refractivity contribution in [2.45, 2.75) is 44.9 Å². The van der Waals surface area contributed by atoms with Crippen LogP contribution in [0.25, 0.3) is 0 Å². The number of hydrogen-bond acceptors (Lipinski definition) is 2. The van der Waals surface area contributed by atoms with Crippen molar-refractivity contribution in [2.24, 2.45) is 5.92 Å². The third-order valence-corrected chi connectivity index (χ3v) is 4.93. The van der Waals surface area contributed by atoms with Crippen LogP contribution in [-0.2, 0) is 15.0 Å². The average Bonchev–Trinajstić information content (AvgIpc) is 2.53. The minimum atomic E-state index is -0.769. The molecule has 0 aromatic heterocycles. The number of nitrogens with zero attached hydrogens (tertiary/aromatic N) is 1. The van der Waals surface area contributed by atoms with Crippen LogP contribution in [0.3, 0.4) is 0 Å². The monoisotopic (exact) mass is 337 g/mol. The molecule has 0 saturated carbocycles. The maximum absolute atomic E-state index is 13.0. The number of carboxylic acids is 1. The molecule has 0 bridgehead atoms. The summed E-state index contributed by atoms with van der Waals surface area (Å²) in [7, 11) is 0. The third kappa shape index (κ3) is 4.47. The lowest BCUT2D eigenvalue weighted by Crippen LogP contribution is -2.48. The van der Waals surface area contributed by atoms with Gasteiger partial charge >= 0.3 is 5.97 Å². The number of halogens is 1. The van der Waals surface area contributed by atoms with E-state index in [-0.39, 0.29) is 18.2 Å². The summed E-state index contributed by atoms with van der Waals surface area (Å²) in [5.41, 5.74) is 0.332. The maximum Gasteiger partial charge on any atom is 0.303 e. The van der Waals surface area contributed by atoms with E-state index >= 15 is 0 Å². The average molecular weight is 338 g/mol. The summed E-state index contributed by atoms with van der Waals surface area (Å²) in [5, 5.41) is 9.48. The second-order valence-electron chi connectivity index (χ2n) is 6.82. The predicted octanol–water partition coefficient (Wildman–Crippen LogP) is 3.72. The molecule has 1 amide bonds. The summed E-state index contributed by atoms with van der Waals surface area (Å²) in [5.74, 6) is -0.389. The Morgan fingerprint density at radius 2 is 1.96 bits per heavy atom. The van der Waals surface area contributed by atoms with Crippen LogP contribution < -0.4 is 0 Å². The van der Waals surface area contributed by atoms with Gasteiger partial charge in [0.2, 0.25) is 5.91 Å². The molecular weight excluding hydrogens is 314 g/mol. The van der Waals surface area contributed by atoms with E-state index in [1.54, 1.807) is 12.1 Å². The van der Waals surface area contributed by atoms with E-state index in [2.05, 4.69) is 0 Å². The van der Waals surface area contributed by atoms with Crippen molar-refractivity contribution in [2.75, 3.05) is 13.1 Å². The fourth-order valence-electron chi connectivity index (χ4n) is 3.20. The standard InChI is InChI=1S/C18H24ClNO3/c1-18(2,14-6-8-15(19)9-7-14)17(23)20-11-3-4-13(12-20)5-10-16(21)22/h6-9,13H,3-5,10-12H2,1-2H3,(H,21,22). The van der Waals surface area contributed by atoms with Crippen LogP contribution >= 0.6 is 11.6 Å². The number of aliphatic carboxylic acids is 1. The first-order chi connectivity index (χ1) is 10.8. The molecule has 1 N–H and O–H groups in total. The number of carboxylic acid groups (broad SMARTS) is 1. The summed E-state index contributed by atoms with van der Waals surface area (Å²) >= 11 is 5.93. The molecule has 1 heterocycles. The van der Waals surface area contributed by atoms with Gasteiger partial charge in [-0.2, -0.15) is 0 Å². The predicted molar refractivity (Wildman–Crippen MR) is 90.7 cm³/mol. The molecule has 0 radical (unpaired) electrons. The van der Waals surface area contributed by atoms with Gasteiger partial charge in [0.15, 0.2) is 0 Å². The molecule has 126 valence electrons. The Morgan fingerprint density at radius 3 is 2.57 bits per heavy atom. The van der Waals surface area contributed by atoms with Crippen LogP contribution in [0, 0.1) is 5.92 Å². The van der Waals surface area contributed by atoms with Gasteiger partial charge in [0.05, 0.1) is 5.41 Å². The molecule has 1 fully saturated rings. The number of amides is 1. The van der Waals surface area contributed by atoms with Gasteiger partial charge in [-0.1, -0.05) is 23.7 Å². The minimum Gasteiger partial charge on any atom is -0.481 e. The van der Waals surface area contributed by atoms with Crippen molar-refractivity contribution in [3.8, 4) is 0 Å². The highest BCUT2D eigenvalue weighted by molar-refractivity contribution is 6.30. The van der Waals surface area contributed by atoms with Crippen molar-refractivity contribution in [1.29, 1.82) is 0 Å². The highest BCUT2D eigenvalue weighted by Crippen LogP contribution is 2.30. The normalized spacial score (nSPS) is 18.7. The van der Waals surface area contributed by atoms with E-state index in [1.807, 2.05) is 30.9 Å². The molecule has 1 atom stereocenters. The van der Waals surface area contributed by atoms with Crippen LogP contribution in [0.4, 0.5) is 0 Å². The second-order valence-corrected chi connectivity index (χ2v) is 7.26. The van der Waals surface area contributed by atoms with E-state index in [0.717, 1.165) is 24.9 Å². The van der Waals surface area contributed by atoms with Crippen molar-refractivity contribution in [3.63, 3.8) is 0 Å². The summed E-state index contributed by atoms with van der Waals surface area (Å²) in [6, 6.07) is 7.40. The largest absolute Gasteiger partial charge is 0.481 e. The molecule has 2 rings (SSSR count). The zero-order valence-electron chi connectivity index (χ0n) is 13.7. The number of rotatable bonds is 5. The smallest absolute Gasteiger partial charge is 0.303 e. The van der Waals surface area contributed by atoms with Gasteiger partial charge in [-0.15, -0.1) is 0 Å². The second kappa shape index (κ2) is 7.35. The molecule has 0 spiro atoms. The first-order valence-electron chi connectivity index (χ1n) is 8.08. The lowest BCUT2D eigenvalue weighted by molar-refractivity contribution is -0.138. The number of hydrogen-bond donors (Lipinski definition) is 1. The van der Waals surface area contributed by atoms with Gasteiger partial charge < -0.3 is 10.0 Å². The van der Waals surface area contributed by atoms with Gasteiger partial charge in [-0.3, -0.25) is 9.59 Å². The molecule has 5 heteroatoms. The first-order valence-corrected chi connectivity index (χ1v) is 8.45. The van der Waals surface area contributed by atoms with Crippen LogP contribution in [0.2, 0.25) is 5.02 Å². The van der Waals surface area contributed by atoms with Crippen molar-refractivity contribution in [1.82, 2.24) is 4.90 Å². The number of likely N-dealkylation sites (tertiary alicyclic amines) is 1. The Labute approximate surface area is 142 Å². The zero-order valence-corrected chi connectivity index (χ0v) is 14.5. The molecule has 23 heavy (non-hydrogen) atoms. The molecular formula is C18H24ClNO3. The quantitative estimate of drug-likeness (QED) is 0.890. The highest BCUT2D eigenvalue weighted by Gasteiger charge is 2.35. The van der Waals surface area contributed by atoms with Crippen molar-refractivity contribution < 1.29 is 14.7 Å². The van der Waals surface area contributed by atoms with Crippen molar-refractivity contribution in [3.05, 3.63) is 34.9 Å². The van der Waals surface area contributed by atoms with Crippen LogP contribution in [0.15, 0.2) is 24.3 Å². The van der Waals surface area contributed by atoms with E-state index < -0.39 is 11.4 Å². The molecule has 1 aromatic rings. The molecule has 4 nitrogen and oxygen atoms in total. The number of benzene rings is 1. The summed E-state index contributed by atoms with van der Waals surface area (Å²) in [6.07, 6.45) is 2.75. The Balaban J connectivity index is 2.05. The van der Waals surface area contributed by atoms with Gasteiger partial charge in [0, 0.05) is 24.5 Å². The third-order valence-electron chi connectivity index (χ3n) is 4.67. The van der Waals surface area contributed by atoms with Crippen molar-refractivity contribution >= 4 is 23.5 Å². The topological polar surface area (TPSA) is 57.6 Å². The number of piperidine rings is 1. The Kier molecular flexibility index (Phi) is 5.69. The number of carbonyl (C=O) groups excluding carboxylic acids is 1. The molecule has 1 aliphatic heterocycles. The van der Waals surface area contributed by atoms with Gasteiger partial charge in [-0.25, -0.2) is 0 Å². The fourth-order valence-corrected chi connectivity index (χ4v) is 3.32. The zero-order chi connectivity index (χ0) is 17.0. The molecule has 1 unspecified atom stereocenters. The Morgan fingerprint density at radius 1 is 1.30 bits per heavy atom. The minimum absolute atomic E-state index is 0.0971. The molecule has 0 aliphatic carbocycles. The maximum atomic E-state index is 13.0. The number of carbonyl (C=O) groups is 2. The van der Waals surface area contributed by atoms with E-state index in [9.17, 15) is 9.59 Å². The lowest BCUT2D eigenvalue weighted by Gasteiger charge is -2.38. The SMILES string of the molecule is CC(C)(C(=O)N1CCCC(CCC(=O)O)C1)c1ccc(Cl)cc1. The Hall–Kier alpha value is -1.55. The van der Waals surface area contributed by atoms with Gasteiger partial charge in [0.1, 0.15) is 0 Å². The summed E-state index contributed by atoms with van der Waals surface area (Å²) in [4.78, 5) is 25.6. The van der Waals surface area contributed by atoms with Gasteiger partial charge in [0.25, 0.3) is 0 Å².